The lowest BCUT2D eigenvalue weighted by Gasteiger charge is -2.28. The number of aryl methyl sites for hydroxylation is 1. The summed E-state index contributed by atoms with van der Waals surface area (Å²) < 4.78 is 11.8. The molecular weight excluding hydrogens is 518 g/mol. The molecule has 1 amide bonds. The Balaban J connectivity index is 1.28. The van der Waals surface area contributed by atoms with E-state index in [2.05, 4.69) is 66.4 Å². The first kappa shape index (κ1) is 26.2. The Morgan fingerprint density at radius 1 is 0.950 bits per heavy atom. The summed E-state index contributed by atoms with van der Waals surface area (Å²) in [4.78, 5) is 22.7. The molecule has 2 heterocycles. The van der Waals surface area contributed by atoms with Crippen molar-refractivity contribution in [2.24, 2.45) is 4.99 Å². The summed E-state index contributed by atoms with van der Waals surface area (Å²) in [5.74, 6) is 0.665. The van der Waals surface area contributed by atoms with Crippen LogP contribution >= 0.6 is 11.8 Å². The van der Waals surface area contributed by atoms with E-state index in [0.717, 1.165) is 65.3 Å². The van der Waals surface area contributed by atoms with E-state index in [4.69, 9.17) is 14.5 Å². The van der Waals surface area contributed by atoms with E-state index in [0.29, 0.717) is 16.7 Å². The van der Waals surface area contributed by atoms with Gasteiger partial charge in [-0.15, -0.1) is 0 Å². The fraction of sp³-hybridized carbons (Fsp3) is 0.212. The minimum Gasteiger partial charge on any atom is -0.488 e. The Morgan fingerprint density at radius 3 is 2.48 bits per heavy atom. The number of anilines is 1. The van der Waals surface area contributed by atoms with Gasteiger partial charge in [0.15, 0.2) is 5.17 Å². The van der Waals surface area contributed by atoms with Crippen molar-refractivity contribution in [2.45, 2.75) is 13.5 Å². The number of hydrogen-bond acceptors (Lipinski definition) is 6. The molecule has 2 fully saturated rings. The third-order valence-corrected chi connectivity index (χ3v) is 8.24. The summed E-state index contributed by atoms with van der Waals surface area (Å²) in [6.07, 6.45) is 1.94. The number of benzene rings is 4. The summed E-state index contributed by atoms with van der Waals surface area (Å²) in [7, 11) is 1.77. The standard InChI is InChI=1S/C33H31N3O3S/c1-23-7-9-24(10-8-23)22-39-30-16-11-25-5-3-4-6-28(25)29(30)21-31-32(37)35(2)33(40-31)34-26-12-14-27(15-13-26)36-17-19-38-20-18-36/h3-16,21H,17-20,22H2,1-2H3/b31-21-,34-33?. The Morgan fingerprint density at radius 2 is 1.70 bits per heavy atom. The highest BCUT2D eigenvalue weighted by atomic mass is 32.2. The summed E-state index contributed by atoms with van der Waals surface area (Å²) in [6.45, 7) is 5.79. The van der Waals surface area contributed by atoms with Gasteiger partial charge >= 0.3 is 0 Å². The molecule has 0 unspecified atom stereocenters. The second-order valence-electron chi connectivity index (χ2n) is 9.96. The lowest BCUT2D eigenvalue weighted by molar-refractivity contribution is -0.121. The third kappa shape index (κ3) is 5.62. The van der Waals surface area contributed by atoms with E-state index >= 15 is 0 Å². The van der Waals surface area contributed by atoms with Gasteiger partial charge in [-0.2, -0.15) is 0 Å². The molecule has 6 rings (SSSR count). The molecule has 4 aromatic carbocycles. The van der Waals surface area contributed by atoms with Crippen LogP contribution in [0.2, 0.25) is 0 Å². The van der Waals surface area contributed by atoms with Crippen LogP contribution in [0.5, 0.6) is 5.75 Å². The average molecular weight is 550 g/mol. The molecule has 0 atom stereocenters. The van der Waals surface area contributed by atoms with Gasteiger partial charge in [0.25, 0.3) is 5.91 Å². The van der Waals surface area contributed by atoms with Gasteiger partial charge in [0.1, 0.15) is 12.4 Å². The van der Waals surface area contributed by atoms with Crippen LogP contribution < -0.4 is 9.64 Å². The predicted octanol–water partition coefficient (Wildman–Crippen LogP) is 6.80. The molecule has 202 valence electrons. The lowest BCUT2D eigenvalue weighted by Crippen LogP contribution is -2.36. The number of amides is 1. The Bertz CT molecular complexity index is 1590. The first-order valence-corrected chi connectivity index (χ1v) is 14.3. The number of likely N-dealkylation sites (N-methyl/N-ethyl adjacent to an activating group) is 1. The Hall–Kier alpha value is -4.07. The SMILES string of the molecule is Cc1ccc(COc2ccc3ccccc3c2/C=C2\SC(=Nc3ccc(N4CCOCC4)cc3)N(C)C2=O)cc1. The number of carbonyl (C=O) groups is 1. The van der Waals surface area contributed by atoms with Gasteiger partial charge in [0.2, 0.25) is 0 Å². The predicted molar refractivity (Wildman–Crippen MR) is 164 cm³/mol. The summed E-state index contributed by atoms with van der Waals surface area (Å²) in [5, 5.41) is 2.78. The normalized spacial score (nSPS) is 17.8. The summed E-state index contributed by atoms with van der Waals surface area (Å²) >= 11 is 1.39. The summed E-state index contributed by atoms with van der Waals surface area (Å²) in [6, 6.07) is 28.7. The van der Waals surface area contributed by atoms with Crippen LogP contribution in [-0.2, 0) is 16.1 Å². The van der Waals surface area contributed by atoms with E-state index in [1.165, 1.54) is 17.3 Å². The number of nitrogens with zero attached hydrogens (tertiary/aromatic N) is 3. The van der Waals surface area contributed by atoms with Gasteiger partial charge in [0.05, 0.1) is 23.8 Å². The molecule has 0 spiro atoms. The molecule has 0 aromatic heterocycles. The minimum atomic E-state index is -0.0777. The largest absolute Gasteiger partial charge is 0.488 e. The highest BCUT2D eigenvalue weighted by molar-refractivity contribution is 8.18. The first-order chi connectivity index (χ1) is 19.5. The molecule has 2 aliphatic heterocycles. The zero-order valence-electron chi connectivity index (χ0n) is 22.7. The van der Waals surface area contributed by atoms with Crippen molar-refractivity contribution in [3.8, 4) is 5.75 Å². The number of fused-ring (bicyclic) bond motifs is 1. The zero-order chi connectivity index (χ0) is 27.5. The fourth-order valence-electron chi connectivity index (χ4n) is 4.85. The van der Waals surface area contributed by atoms with Crippen molar-refractivity contribution >= 4 is 51.1 Å². The van der Waals surface area contributed by atoms with Crippen LogP contribution in [0.3, 0.4) is 0 Å². The fourth-order valence-corrected chi connectivity index (χ4v) is 5.82. The topological polar surface area (TPSA) is 54.4 Å². The molecular formula is C33H31N3O3S. The number of thioether (sulfide) groups is 1. The number of aliphatic imine (C=N–C) groups is 1. The van der Waals surface area contributed by atoms with Crippen molar-refractivity contribution in [3.63, 3.8) is 0 Å². The monoisotopic (exact) mass is 549 g/mol. The van der Waals surface area contributed by atoms with Gasteiger partial charge in [-0.05, 0) is 71.4 Å². The van der Waals surface area contributed by atoms with Crippen molar-refractivity contribution in [1.29, 1.82) is 0 Å². The number of amidine groups is 1. The van der Waals surface area contributed by atoms with Crippen molar-refractivity contribution < 1.29 is 14.3 Å². The molecule has 4 aromatic rings. The molecule has 0 N–H and O–H groups in total. The number of hydrogen-bond donors (Lipinski definition) is 0. The Kier molecular flexibility index (Phi) is 7.58. The summed E-state index contributed by atoms with van der Waals surface area (Å²) in [5.41, 5.74) is 5.17. The number of rotatable bonds is 6. The van der Waals surface area contributed by atoms with Crippen molar-refractivity contribution in [2.75, 3.05) is 38.3 Å². The molecule has 2 saturated heterocycles. The average Bonchev–Trinajstić information content (AvgIpc) is 3.26. The molecule has 7 heteroatoms. The van der Waals surface area contributed by atoms with Crippen LogP contribution in [0.15, 0.2) is 94.8 Å². The van der Waals surface area contributed by atoms with Crippen LogP contribution in [0, 0.1) is 6.92 Å². The molecule has 0 bridgehead atoms. The van der Waals surface area contributed by atoms with Crippen molar-refractivity contribution in [1.82, 2.24) is 4.90 Å². The molecule has 40 heavy (non-hydrogen) atoms. The van der Waals surface area contributed by atoms with Gasteiger partial charge in [-0.1, -0.05) is 60.2 Å². The third-order valence-electron chi connectivity index (χ3n) is 7.18. The molecule has 0 saturated carbocycles. The maximum absolute atomic E-state index is 13.3. The zero-order valence-corrected chi connectivity index (χ0v) is 23.5. The van der Waals surface area contributed by atoms with Gasteiger partial charge in [0, 0.05) is 31.4 Å². The second-order valence-corrected chi connectivity index (χ2v) is 11.0. The van der Waals surface area contributed by atoms with Crippen LogP contribution in [0.1, 0.15) is 16.7 Å². The van der Waals surface area contributed by atoms with E-state index in [9.17, 15) is 4.79 Å². The maximum Gasteiger partial charge on any atom is 0.266 e. The van der Waals surface area contributed by atoms with E-state index in [1.54, 1.807) is 11.9 Å². The molecule has 0 radical (unpaired) electrons. The highest BCUT2D eigenvalue weighted by Gasteiger charge is 2.31. The van der Waals surface area contributed by atoms with E-state index < -0.39 is 0 Å². The van der Waals surface area contributed by atoms with Crippen LogP contribution in [0.4, 0.5) is 11.4 Å². The lowest BCUT2D eigenvalue weighted by atomic mass is 10.0. The molecule has 6 nitrogen and oxygen atoms in total. The number of morpholine rings is 1. The van der Waals surface area contributed by atoms with Gasteiger partial charge in [-0.3, -0.25) is 9.69 Å². The number of carbonyl (C=O) groups excluding carboxylic acids is 1. The minimum absolute atomic E-state index is 0.0777. The van der Waals surface area contributed by atoms with Gasteiger partial charge in [-0.25, -0.2) is 4.99 Å². The first-order valence-electron chi connectivity index (χ1n) is 13.4. The van der Waals surface area contributed by atoms with E-state index in [1.807, 2.05) is 36.4 Å². The molecule has 2 aliphatic rings. The van der Waals surface area contributed by atoms with E-state index in [-0.39, 0.29) is 5.91 Å². The van der Waals surface area contributed by atoms with Gasteiger partial charge < -0.3 is 14.4 Å². The highest BCUT2D eigenvalue weighted by Crippen LogP contribution is 2.37. The Labute approximate surface area is 238 Å². The second kappa shape index (κ2) is 11.6. The molecule has 0 aliphatic carbocycles. The maximum atomic E-state index is 13.3. The quantitative estimate of drug-likeness (QED) is 0.248. The van der Waals surface area contributed by atoms with Crippen LogP contribution in [-0.4, -0.2) is 49.3 Å². The number of ether oxygens (including phenoxy) is 2. The van der Waals surface area contributed by atoms with Crippen molar-refractivity contribution in [3.05, 3.63) is 107 Å². The smallest absolute Gasteiger partial charge is 0.266 e. The van der Waals surface area contributed by atoms with Crippen LogP contribution in [0.25, 0.3) is 16.8 Å².